The number of halogens is 1. The van der Waals surface area contributed by atoms with Crippen molar-refractivity contribution < 1.29 is 13.9 Å². The van der Waals surface area contributed by atoms with E-state index < -0.39 is 0 Å². The average Bonchev–Trinajstić information content (AvgIpc) is 3.36. The molecule has 1 aliphatic carbocycles. The molecule has 0 saturated heterocycles. The number of imidazole rings is 1. The van der Waals surface area contributed by atoms with Gasteiger partial charge < -0.3 is 15.0 Å². The number of fused-ring (bicyclic) bond motifs is 3. The zero-order chi connectivity index (χ0) is 24.4. The predicted molar refractivity (Wildman–Crippen MR) is 131 cm³/mol. The molecule has 1 saturated carbocycles. The zero-order valence-electron chi connectivity index (χ0n) is 19.9. The van der Waals surface area contributed by atoms with Crippen molar-refractivity contribution in [3.05, 3.63) is 70.8 Å². The van der Waals surface area contributed by atoms with Crippen molar-refractivity contribution in [2.45, 2.75) is 39.3 Å². The topological polar surface area (TPSA) is 84.7 Å². The fourth-order valence-corrected chi connectivity index (χ4v) is 5.31. The molecule has 1 fully saturated rings. The smallest absolute Gasteiger partial charge is 0.275 e. The number of nitrogens with one attached hydrogen (secondary N) is 1. The Hall–Kier alpha value is -4.01. The van der Waals surface area contributed by atoms with E-state index in [4.69, 9.17) is 9.72 Å². The van der Waals surface area contributed by atoms with E-state index in [0.29, 0.717) is 54.8 Å². The zero-order valence-corrected chi connectivity index (χ0v) is 19.9. The summed E-state index contributed by atoms with van der Waals surface area (Å²) in [5.74, 6) is 1.39. The number of carbonyl (C=O) groups excluding carboxylic acids is 1. The number of hydrogen-bond acceptors (Lipinski definition) is 6. The van der Waals surface area contributed by atoms with Crippen molar-refractivity contribution >= 4 is 17.4 Å². The van der Waals surface area contributed by atoms with E-state index in [-0.39, 0.29) is 18.3 Å². The number of nitrogens with zero attached hydrogens (tertiary/aromatic N) is 5. The summed E-state index contributed by atoms with van der Waals surface area (Å²) in [7, 11) is 0. The highest BCUT2D eigenvalue weighted by atomic mass is 19.1. The van der Waals surface area contributed by atoms with Crippen LogP contribution in [0.25, 0.3) is 16.6 Å². The third-order valence-corrected chi connectivity index (χ3v) is 7.34. The predicted octanol–water partition coefficient (Wildman–Crippen LogP) is 4.15. The first-order valence-corrected chi connectivity index (χ1v) is 12.4. The Kier molecular flexibility index (Phi) is 4.74. The number of hydrogen-bond donors (Lipinski definition) is 1. The lowest BCUT2D eigenvalue weighted by Gasteiger charge is -2.26. The molecule has 3 aliphatic rings. The lowest BCUT2D eigenvalue weighted by Crippen LogP contribution is -2.34. The Labute approximate surface area is 207 Å². The van der Waals surface area contributed by atoms with Crippen LogP contribution >= 0.6 is 0 Å². The van der Waals surface area contributed by atoms with Crippen LogP contribution < -0.4 is 10.1 Å². The average molecular weight is 485 g/mol. The number of rotatable bonds is 5. The number of carbonyl (C=O) groups is 1. The monoisotopic (exact) mass is 484 g/mol. The molecule has 9 heteroatoms. The van der Waals surface area contributed by atoms with Crippen LogP contribution in [0.1, 0.15) is 45.8 Å². The Bertz CT molecular complexity index is 1540. The standard InChI is InChI=1S/C27H25FN6O2/c1-15-2-5-17-20-11-30-27(29-10-19-18-8-9-36-23(18)7-6-21(19)28)34-14-31-24(25(20)34)26(35)33(12-16-3-4-16)13-22(17)32-15/h2,5-7,11,14,16H,3-4,8-10,12-13H2,1H3,(H,29,30). The normalized spacial score (nSPS) is 16.4. The summed E-state index contributed by atoms with van der Waals surface area (Å²) in [5, 5.41) is 3.28. The van der Waals surface area contributed by atoms with Crippen LogP contribution in [0.4, 0.5) is 10.3 Å². The molecular weight excluding hydrogens is 459 g/mol. The number of aryl methyl sites for hydroxylation is 1. The van der Waals surface area contributed by atoms with Gasteiger partial charge in [0.2, 0.25) is 5.95 Å². The van der Waals surface area contributed by atoms with Gasteiger partial charge in [-0.1, -0.05) is 6.07 Å². The maximum Gasteiger partial charge on any atom is 0.275 e. The lowest BCUT2D eigenvalue weighted by molar-refractivity contribution is 0.0729. The fourth-order valence-electron chi connectivity index (χ4n) is 5.31. The van der Waals surface area contributed by atoms with Gasteiger partial charge >= 0.3 is 0 Å². The molecule has 0 spiro atoms. The molecule has 7 rings (SSSR count). The highest BCUT2D eigenvalue weighted by Gasteiger charge is 2.33. The van der Waals surface area contributed by atoms with Crippen LogP contribution in [0, 0.1) is 18.7 Å². The largest absolute Gasteiger partial charge is 0.493 e. The summed E-state index contributed by atoms with van der Waals surface area (Å²) >= 11 is 0. The van der Waals surface area contributed by atoms with Gasteiger partial charge in [-0.05, 0) is 43.9 Å². The Morgan fingerprint density at radius 3 is 2.92 bits per heavy atom. The second-order valence-electron chi connectivity index (χ2n) is 9.84. The SMILES string of the molecule is Cc1ccc2c(n1)CN(CC1CC1)C(=O)c1ncn3c(NCc4c(F)ccc5c4CCO5)ncc-2c13. The number of pyridine rings is 1. The second-order valence-corrected chi connectivity index (χ2v) is 9.84. The molecule has 0 atom stereocenters. The minimum Gasteiger partial charge on any atom is -0.493 e. The number of benzene rings is 1. The molecule has 1 amide bonds. The summed E-state index contributed by atoms with van der Waals surface area (Å²) in [5.41, 5.74) is 6.08. The first-order chi connectivity index (χ1) is 17.6. The molecule has 0 bridgehead atoms. The number of aromatic nitrogens is 4. The summed E-state index contributed by atoms with van der Waals surface area (Å²) in [6.07, 6.45) is 6.36. The van der Waals surface area contributed by atoms with Crippen LogP contribution in [-0.4, -0.2) is 43.3 Å². The van der Waals surface area contributed by atoms with Gasteiger partial charge in [0.1, 0.15) is 17.9 Å². The van der Waals surface area contributed by atoms with Gasteiger partial charge in [-0.2, -0.15) is 0 Å². The highest BCUT2D eigenvalue weighted by Crippen LogP contribution is 2.37. The van der Waals surface area contributed by atoms with Gasteiger partial charge in [0, 0.05) is 53.7 Å². The van der Waals surface area contributed by atoms with Crippen LogP contribution in [0.2, 0.25) is 0 Å². The van der Waals surface area contributed by atoms with Crippen molar-refractivity contribution in [2.75, 3.05) is 18.5 Å². The highest BCUT2D eigenvalue weighted by molar-refractivity contribution is 6.04. The van der Waals surface area contributed by atoms with E-state index in [1.807, 2.05) is 24.0 Å². The minimum absolute atomic E-state index is 0.0965. The van der Waals surface area contributed by atoms with E-state index >= 15 is 0 Å². The third-order valence-electron chi connectivity index (χ3n) is 7.34. The van der Waals surface area contributed by atoms with Crippen LogP contribution in [0.5, 0.6) is 5.75 Å². The fraction of sp³-hybridized carbons (Fsp3) is 0.333. The van der Waals surface area contributed by atoms with Crippen molar-refractivity contribution in [2.24, 2.45) is 5.92 Å². The van der Waals surface area contributed by atoms with Crippen LogP contribution in [-0.2, 0) is 19.5 Å². The van der Waals surface area contributed by atoms with Gasteiger partial charge in [0.05, 0.1) is 24.4 Å². The molecule has 1 aromatic carbocycles. The Morgan fingerprint density at radius 1 is 1.17 bits per heavy atom. The van der Waals surface area contributed by atoms with E-state index in [1.165, 1.54) is 6.07 Å². The number of anilines is 1. The molecule has 0 radical (unpaired) electrons. The second kappa shape index (κ2) is 8.01. The molecule has 3 aromatic heterocycles. The molecule has 4 aromatic rings. The minimum atomic E-state index is -0.276. The van der Waals surface area contributed by atoms with Gasteiger partial charge in [-0.25, -0.2) is 14.4 Å². The lowest BCUT2D eigenvalue weighted by atomic mass is 10.0. The van der Waals surface area contributed by atoms with Gasteiger partial charge in [-0.3, -0.25) is 14.2 Å². The first-order valence-electron chi connectivity index (χ1n) is 12.4. The Balaban J connectivity index is 1.33. The molecule has 2 aliphatic heterocycles. The van der Waals surface area contributed by atoms with Gasteiger partial charge in [0.15, 0.2) is 5.69 Å². The first kappa shape index (κ1) is 21.3. The van der Waals surface area contributed by atoms with Crippen LogP contribution in [0.3, 0.4) is 0 Å². The van der Waals surface area contributed by atoms with E-state index in [1.54, 1.807) is 23.0 Å². The Morgan fingerprint density at radius 2 is 2.06 bits per heavy atom. The molecule has 36 heavy (non-hydrogen) atoms. The number of amides is 1. The molecule has 1 N–H and O–H groups in total. The number of ether oxygens (including phenoxy) is 1. The summed E-state index contributed by atoms with van der Waals surface area (Å²) in [4.78, 5) is 29.6. The summed E-state index contributed by atoms with van der Waals surface area (Å²) in [6.45, 7) is 3.92. The van der Waals surface area contributed by atoms with Crippen LogP contribution in [0.15, 0.2) is 36.8 Å². The quantitative estimate of drug-likeness (QED) is 0.458. The van der Waals surface area contributed by atoms with E-state index in [0.717, 1.165) is 46.7 Å². The van der Waals surface area contributed by atoms with Crippen molar-refractivity contribution in [3.63, 3.8) is 0 Å². The third kappa shape index (κ3) is 3.41. The van der Waals surface area contributed by atoms with Gasteiger partial charge in [0.25, 0.3) is 5.91 Å². The van der Waals surface area contributed by atoms with Crippen molar-refractivity contribution in [1.82, 2.24) is 24.3 Å². The van der Waals surface area contributed by atoms with Crippen molar-refractivity contribution in [3.8, 4) is 16.9 Å². The van der Waals surface area contributed by atoms with E-state index in [9.17, 15) is 9.18 Å². The maximum atomic E-state index is 14.7. The van der Waals surface area contributed by atoms with Gasteiger partial charge in [-0.15, -0.1) is 0 Å². The molecule has 182 valence electrons. The molecule has 5 heterocycles. The summed E-state index contributed by atoms with van der Waals surface area (Å²) in [6, 6.07) is 7.15. The molecular formula is C27H25FN6O2. The summed E-state index contributed by atoms with van der Waals surface area (Å²) < 4.78 is 22.1. The molecule has 0 unspecified atom stereocenters. The van der Waals surface area contributed by atoms with Crippen molar-refractivity contribution in [1.29, 1.82) is 0 Å². The van der Waals surface area contributed by atoms with E-state index in [2.05, 4.69) is 15.3 Å². The maximum absolute atomic E-state index is 14.7. The molecule has 8 nitrogen and oxygen atoms in total.